The predicted molar refractivity (Wildman–Crippen MR) is 125 cm³/mol. The number of anilines is 1. The van der Waals surface area contributed by atoms with Crippen LogP contribution in [0.2, 0.25) is 5.02 Å². The molecule has 4 rings (SSSR count). The van der Waals surface area contributed by atoms with Crippen molar-refractivity contribution >= 4 is 29.0 Å². The Labute approximate surface area is 187 Å². The SMILES string of the molecule is CC(=O)Nc1ccc(Cl)cc1.Cc1ccc(-c2ccc(C(=O)C3CC3)cc2)cc1.OO. The molecule has 0 saturated heterocycles. The second-order valence-corrected chi connectivity index (χ2v) is 7.71. The highest BCUT2D eigenvalue weighted by Gasteiger charge is 2.30. The third-order valence-corrected chi connectivity index (χ3v) is 4.92. The molecular formula is C25H26ClNO4. The number of nitrogens with one attached hydrogen (secondary N) is 1. The lowest BCUT2D eigenvalue weighted by atomic mass is 10.0. The zero-order valence-corrected chi connectivity index (χ0v) is 18.3. The second-order valence-electron chi connectivity index (χ2n) is 7.27. The Hall–Kier alpha value is -2.99. The molecule has 0 heterocycles. The maximum absolute atomic E-state index is 11.9. The maximum atomic E-state index is 11.9. The fraction of sp³-hybridized carbons (Fsp3) is 0.200. The first-order valence-corrected chi connectivity index (χ1v) is 10.2. The van der Waals surface area contributed by atoms with Gasteiger partial charge in [-0.25, -0.2) is 0 Å². The number of Topliss-reactive ketones (excluding diaryl/α,β-unsaturated/α-hetero) is 1. The Kier molecular flexibility index (Phi) is 9.40. The Morgan fingerprint density at radius 2 is 1.32 bits per heavy atom. The van der Waals surface area contributed by atoms with E-state index in [4.69, 9.17) is 22.1 Å². The van der Waals surface area contributed by atoms with Crippen LogP contribution in [0.3, 0.4) is 0 Å². The van der Waals surface area contributed by atoms with Crippen LogP contribution in [0.5, 0.6) is 0 Å². The van der Waals surface area contributed by atoms with Gasteiger partial charge in [-0.05, 0) is 55.2 Å². The molecule has 1 fully saturated rings. The fourth-order valence-electron chi connectivity index (χ4n) is 2.89. The van der Waals surface area contributed by atoms with Gasteiger partial charge >= 0.3 is 0 Å². The molecule has 0 unspecified atom stereocenters. The van der Waals surface area contributed by atoms with Gasteiger partial charge in [-0.15, -0.1) is 0 Å². The van der Waals surface area contributed by atoms with Gasteiger partial charge in [0, 0.05) is 29.1 Å². The standard InChI is InChI=1S/C17H16O.C8H8ClNO.H2O2/c1-12-2-4-13(5-3-12)14-6-8-15(9-7-14)17(18)16-10-11-16;1-6(11)10-8-4-2-7(9)3-5-8;1-2/h2-9,16H,10-11H2,1H3;2-5H,1H3,(H,10,11);1-2H. The number of carbonyl (C=O) groups is 2. The lowest BCUT2D eigenvalue weighted by molar-refractivity contribution is -0.176. The van der Waals surface area contributed by atoms with E-state index in [2.05, 4.69) is 36.5 Å². The summed E-state index contributed by atoms with van der Waals surface area (Å²) >= 11 is 5.64. The smallest absolute Gasteiger partial charge is 0.221 e. The van der Waals surface area contributed by atoms with Crippen molar-refractivity contribution < 1.29 is 20.1 Å². The zero-order chi connectivity index (χ0) is 22.8. The summed E-state index contributed by atoms with van der Waals surface area (Å²) in [5.41, 5.74) is 5.25. The van der Waals surface area contributed by atoms with Crippen LogP contribution in [0.15, 0.2) is 72.8 Å². The number of carbonyl (C=O) groups excluding carboxylic acids is 2. The minimum atomic E-state index is -0.0766. The van der Waals surface area contributed by atoms with Gasteiger partial charge in [0.25, 0.3) is 0 Å². The maximum Gasteiger partial charge on any atom is 0.221 e. The van der Waals surface area contributed by atoms with E-state index in [1.807, 2.05) is 24.3 Å². The first-order valence-electron chi connectivity index (χ1n) is 9.87. The number of aryl methyl sites for hydroxylation is 1. The van der Waals surface area contributed by atoms with Crippen molar-refractivity contribution in [1.82, 2.24) is 0 Å². The van der Waals surface area contributed by atoms with E-state index < -0.39 is 0 Å². The predicted octanol–water partition coefficient (Wildman–Crippen LogP) is 6.57. The van der Waals surface area contributed by atoms with Crippen LogP contribution in [0.1, 0.15) is 35.7 Å². The van der Waals surface area contributed by atoms with Gasteiger partial charge in [0.15, 0.2) is 5.78 Å². The van der Waals surface area contributed by atoms with Crippen molar-refractivity contribution in [1.29, 1.82) is 0 Å². The van der Waals surface area contributed by atoms with Crippen LogP contribution in [0.25, 0.3) is 11.1 Å². The molecule has 0 radical (unpaired) electrons. The zero-order valence-electron chi connectivity index (χ0n) is 17.5. The highest BCUT2D eigenvalue weighted by Crippen LogP contribution is 2.33. The van der Waals surface area contributed by atoms with Crippen LogP contribution in [-0.2, 0) is 4.79 Å². The van der Waals surface area contributed by atoms with E-state index in [0.717, 1.165) is 24.1 Å². The van der Waals surface area contributed by atoms with Crippen molar-refractivity contribution in [2.75, 3.05) is 5.32 Å². The topological polar surface area (TPSA) is 86.6 Å². The third-order valence-electron chi connectivity index (χ3n) is 4.67. The number of hydrogen-bond donors (Lipinski definition) is 3. The van der Waals surface area contributed by atoms with Crippen molar-refractivity contribution in [3.8, 4) is 11.1 Å². The monoisotopic (exact) mass is 439 g/mol. The number of ketones is 1. The summed E-state index contributed by atoms with van der Waals surface area (Å²) in [4.78, 5) is 22.5. The fourth-order valence-corrected chi connectivity index (χ4v) is 3.02. The van der Waals surface area contributed by atoms with Gasteiger partial charge in [0.1, 0.15) is 0 Å². The second kappa shape index (κ2) is 12.0. The molecule has 5 nitrogen and oxygen atoms in total. The number of amides is 1. The highest BCUT2D eigenvalue weighted by atomic mass is 35.5. The van der Waals surface area contributed by atoms with E-state index in [1.54, 1.807) is 24.3 Å². The summed E-state index contributed by atoms with van der Waals surface area (Å²) in [6.45, 7) is 3.55. The van der Waals surface area contributed by atoms with E-state index in [-0.39, 0.29) is 5.91 Å². The number of hydrogen-bond acceptors (Lipinski definition) is 4. The van der Waals surface area contributed by atoms with Crippen molar-refractivity contribution in [2.45, 2.75) is 26.7 Å². The molecule has 31 heavy (non-hydrogen) atoms. The molecule has 0 spiro atoms. The van der Waals surface area contributed by atoms with Gasteiger partial charge in [0.05, 0.1) is 0 Å². The van der Waals surface area contributed by atoms with Crippen LogP contribution < -0.4 is 5.32 Å². The van der Waals surface area contributed by atoms with Gasteiger partial charge < -0.3 is 5.32 Å². The highest BCUT2D eigenvalue weighted by molar-refractivity contribution is 6.30. The summed E-state index contributed by atoms with van der Waals surface area (Å²) in [5.74, 6) is 0.535. The minimum Gasteiger partial charge on any atom is -0.326 e. The summed E-state index contributed by atoms with van der Waals surface area (Å²) in [7, 11) is 0. The van der Waals surface area contributed by atoms with E-state index >= 15 is 0 Å². The minimum absolute atomic E-state index is 0.0766. The summed E-state index contributed by atoms with van der Waals surface area (Å²) < 4.78 is 0. The molecule has 162 valence electrons. The van der Waals surface area contributed by atoms with Crippen molar-refractivity contribution in [2.24, 2.45) is 5.92 Å². The quantitative estimate of drug-likeness (QED) is 0.244. The Balaban J connectivity index is 0.000000226. The van der Waals surface area contributed by atoms with Gasteiger partial charge in [-0.1, -0.05) is 65.7 Å². The lowest BCUT2D eigenvalue weighted by Gasteiger charge is -2.04. The van der Waals surface area contributed by atoms with Crippen LogP contribution in [0, 0.1) is 12.8 Å². The first kappa shape index (κ1) is 24.3. The lowest BCUT2D eigenvalue weighted by Crippen LogP contribution is -2.04. The number of rotatable bonds is 4. The first-order chi connectivity index (χ1) is 14.9. The summed E-state index contributed by atoms with van der Waals surface area (Å²) in [6.07, 6.45) is 2.14. The molecule has 0 atom stereocenters. The molecule has 3 aromatic rings. The van der Waals surface area contributed by atoms with Crippen LogP contribution in [0.4, 0.5) is 5.69 Å². The molecule has 3 N–H and O–H groups in total. The van der Waals surface area contributed by atoms with E-state index in [9.17, 15) is 9.59 Å². The average molecular weight is 440 g/mol. The van der Waals surface area contributed by atoms with Crippen LogP contribution in [-0.4, -0.2) is 22.2 Å². The molecule has 1 saturated carbocycles. The molecule has 1 aliphatic rings. The molecule has 1 amide bonds. The Bertz CT molecular complexity index is 980. The van der Waals surface area contributed by atoms with Crippen LogP contribution >= 0.6 is 11.6 Å². The molecular weight excluding hydrogens is 414 g/mol. The molecule has 0 bridgehead atoms. The third kappa shape index (κ3) is 7.98. The Morgan fingerprint density at radius 1 is 0.839 bits per heavy atom. The van der Waals surface area contributed by atoms with Gasteiger partial charge in [-0.2, -0.15) is 0 Å². The molecule has 0 aliphatic heterocycles. The summed E-state index contributed by atoms with van der Waals surface area (Å²) in [5, 5.41) is 15.3. The molecule has 3 aromatic carbocycles. The normalized spacial score (nSPS) is 11.9. The van der Waals surface area contributed by atoms with Gasteiger partial charge in [0.2, 0.25) is 5.91 Å². The molecule has 0 aromatic heterocycles. The largest absolute Gasteiger partial charge is 0.326 e. The Morgan fingerprint density at radius 3 is 1.77 bits per heavy atom. The summed E-state index contributed by atoms with van der Waals surface area (Å²) in [6, 6.07) is 23.4. The number of benzene rings is 3. The van der Waals surface area contributed by atoms with Crippen molar-refractivity contribution in [3.05, 3.63) is 88.9 Å². The van der Waals surface area contributed by atoms with E-state index in [1.165, 1.54) is 23.6 Å². The van der Waals surface area contributed by atoms with E-state index in [0.29, 0.717) is 16.7 Å². The average Bonchev–Trinajstić information content (AvgIpc) is 3.63. The number of halogens is 1. The van der Waals surface area contributed by atoms with Crippen molar-refractivity contribution in [3.63, 3.8) is 0 Å². The van der Waals surface area contributed by atoms with Gasteiger partial charge in [-0.3, -0.25) is 20.1 Å². The molecule has 6 heteroatoms. The molecule has 1 aliphatic carbocycles.